The molecule has 3 heterocycles. The predicted molar refractivity (Wildman–Crippen MR) is 101 cm³/mol. The standard InChI is InChI=1S/C18H18N6O2S/c1-12(13-3-5-14(6-4-13)24-11-19-10-21-24)22(2)16(25)15-9-20-18-23(17(15)26)7-8-27-18/h3-6,9-12H,7-8H2,1-2H3/t12-/m1/s1. The number of benzene rings is 1. The molecule has 0 bridgehead atoms. The lowest BCUT2D eigenvalue weighted by atomic mass is 10.1. The molecule has 8 nitrogen and oxygen atoms in total. The van der Waals surface area contributed by atoms with Gasteiger partial charge in [-0.3, -0.25) is 14.2 Å². The van der Waals surface area contributed by atoms with E-state index in [1.165, 1.54) is 24.3 Å². The molecule has 9 heteroatoms. The Morgan fingerprint density at radius 3 is 2.78 bits per heavy atom. The number of amides is 1. The predicted octanol–water partition coefficient (Wildman–Crippen LogP) is 1.76. The molecule has 27 heavy (non-hydrogen) atoms. The van der Waals surface area contributed by atoms with Crippen molar-refractivity contribution in [3.05, 3.63) is 64.6 Å². The van der Waals surface area contributed by atoms with Crippen LogP contribution < -0.4 is 5.56 Å². The van der Waals surface area contributed by atoms with Crippen molar-refractivity contribution in [2.75, 3.05) is 12.8 Å². The van der Waals surface area contributed by atoms with Crippen molar-refractivity contribution >= 4 is 17.7 Å². The molecule has 0 spiro atoms. The minimum atomic E-state index is -0.326. The number of hydrogen-bond donors (Lipinski definition) is 0. The lowest BCUT2D eigenvalue weighted by Gasteiger charge is -2.25. The molecule has 0 unspecified atom stereocenters. The third-order valence-corrected chi connectivity index (χ3v) is 5.72. The highest BCUT2D eigenvalue weighted by molar-refractivity contribution is 7.99. The smallest absolute Gasteiger partial charge is 0.267 e. The molecular weight excluding hydrogens is 364 g/mol. The Balaban J connectivity index is 1.56. The van der Waals surface area contributed by atoms with Crippen LogP contribution >= 0.6 is 11.8 Å². The summed E-state index contributed by atoms with van der Waals surface area (Å²) in [5.74, 6) is 0.483. The van der Waals surface area contributed by atoms with Crippen LogP contribution in [-0.2, 0) is 6.54 Å². The van der Waals surface area contributed by atoms with Gasteiger partial charge in [0.15, 0.2) is 5.16 Å². The maximum atomic E-state index is 12.9. The lowest BCUT2D eigenvalue weighted by Crippen LogP contribution is -2.36. The summed E-state index contributed by atoms with van der Waals surface area (Å²) in [6.07, 6.45) is 4.50. The van der Waals surface area contributed by atoms with Crippen LogP contribution in [0.25, 0.3) is 5.69 Å². The molecule has 138 valence electrons. The van der Waals surface area contributed by atoms with E-state index < -0.39 is 0 Å². The highest BCUT2D eigenvalue weighted by Gasteiger charge is 2.25. The quantitative estimate of drug-likeness (QED) is 0.639. The van der Waals surface area contributed by atoms with Gasteiger partial charge in [0.05, 0.1) is 11.7 Å². The summed E-state index contributed by atoms with van der Waals surface area (Å²) < 4.78 is 3.24. The van der Waals surface area contributed by atoms with Crippen LogP contribution in [0, 0.1) is 0 Å². The first-order chi connectivity index (χ1) is 13.1. The fourth-order valence-corrected chi connectivity index (χ4v) is 3.91. The molecule has 1 atom stereocenters. The molecule has 0 radical (unpaired) electrons. The number of aromatic nitrogens is 5. The van der Waals surface area contributed by atoms with E-state index in [1.54, 1.807) is 27.5 Å². The third kappa shape index (κ3) is 3.14. The van der Waals surface area contributed by atoms with Crippen LogP contribution in [0.1, 0.15) is 28.9 Å². The first kappa shape index (κ1) is 17.5. The first-order valence-electron chi connectivity index (χ1n) is 8.51. The molecule has 1 amide bonds. The highest BCUT2D eigenvalue weighted by atomic mass is 32.2. The van der Waals surface area contributed by atoms with Crippen molar-refractivity contribution in [1.29, 1.82) is 0 Å². The molecule has 3 aromatic rings. The van der Waals surface area contributed by atoms with Crippen molar-refractivity contribution in [2.45, 2.75) is 24.7 Å². The molecule has 1 aliphatic heterocycles. The van der Waals surface area contributed by atoms with Gasteiger partial charge in [-0.05, 0) is 24.6 Å². The van der Waals surface area contributed by atoms with Crippen molar-refractivity contribution in [3.8, 4) is 5.69 Å². The number of carbonyl (C=O) groups excluding carboxylic acids is 1. The van der Waals surface area contributed by atoms with E-state index in [-0.39, 0.29) is 23.1 Å². The van der Waals surface area contributed by atoms with Crippen molar-refractivity contribution in [3.63, 3.8) is 0 Å². The number of rotatable bonds is 4. The molecule has 1 aliphatic rings. The van der Waals surface area contributed by atoms with Gasteiger partial charge in [-0.25, -0.2) is 14.6 Å². The second kappa shape index (κ2) is 6.99. The van der Waals surface area contributed by atoms with Crippen LogP contribution in [0.2, 0.25) is 0 Å². The average molecular weight is 382 g/mol. The van der Waals surface area contributed by atoms with Crippen molar-refractivity contribution in [2.24, 2.45) is 0 Å². The molecule has 1 aromatic carbocycles. The minimum absolute atomic E-state index is 0.106. The normalized spacial score (nSPS) is 14.0. The second-order valence-corrected chi connectivity index (χ2v) is 7.35. The van der Waals surface area contributed by atoms with Gasteiger partial charge in [-0.1, -0.05) is 23.9 Å². The number of hydrogen-bond acceptors (Lipinski definition) is 6. The van der Waals surface area contributed by atoms with E-state index in [0.717, 1.165) is 17.0 Å². The largest absolute Gasteiger partial charge is 0.335 e. The molecule has 0 saturated carbocycles. The zero-order valence-electron chi connectivity index (χ0n) is 14.9. The number of fused-ring (bicyclic) bond motifs is 1. The van der Waals surface area contributed by atoms with Crippen LogP contribution in [0.4, 0.5) is 0 Å². The first-order valence-corrected chi connectivity index (χ1v) is 9.49. The van der Waals surface area contributed by atoms with E-state index >= 15 is 0 Å². The van der Waals surface area contributed by atoms with E-state index in [2.05, 4.69) is 15.1 Å². The van der Waals surface area contributed by atoms with E-state index in [4.69, 9.17) is 0 Å². The summed E-state index contributed by atoms with van der Waals surface area (Å²) in [6.45, 7) is 2.52. The lowest BCUT2D eigenvalue weighted by molar-refractivity contribution is 0.0739. The number of carbonyl (C=O) groups is 1. The molecule has 4 rings (SSSR count). The maximum absolute atomic E-state index is 12.9. The maximum Gasteiger partial charge on any atom is 0.267 e. The van der Waals surface area contributed by atoms with Crippen LogP contribution in [-0.4, -0.2) is 47.9 Å². The number of nitrogens with zero attached hydrogens (tertiary/aromatic N) is 6. The SMILES string of the molecule is C[C@H](c1ccc(-n2cncn2)cc1)N(C)C(=O)c1cnc2n(c1=O)CCS2. The molecule has 2 aromatic heterocycles. The monoisotopic (exact) mass is 382 g/mol. The molecular formula is C18H18N6O2S. The van der Waals surface area contributed by atoms with Gasteiger partial charge in [0, 0.05) is 25.5 Å². The van der Waals surface area contributed by atoms with Gasteiger partial charge in [-0.15, -0.1) is 0 Å². The van der Waals surface area contributed by atoms with Gasteiger partial charge in [0.2, 0.25) is 0 Å². The molecule has 0 N–H and O–H groups in total. The topological polar surface area (TPSA) is 85.9 Å². The van der Waals surface area contributed by atoms with Gasteiger partial charge < -0.3 is 4.90 Å². The minimum Gasteiger partial charge on any atom is -0.335 e. The van der Waals surface area contributed by atoms with Gasteiger partial charge in [-0.2, -0.15) is 5.10 Å². The Morgan fingerprint density at radius 1 is 1.30 bits per heavy atom. The Kier molecular flexibility index (Phi) is 4.53. The number of thioether (sulfide) groups is 1. The zero-order valence-corrected chi connectivity index (χ0v) is 15.8. The van der Waals surface area contributed by atoms with Crippen molar-refractivity contribution in [1.82, 2.24) is 29.2 Å². The van der Waals surface area contributed by atoms with E-state index in [9.17, 15) is 9.59 Å². The van der Waals surface area contributed by atoms with Crippen LogP contribution in [0.3, 0.4) is 0 Å². The van der Waals surface area contributed by atoms with E-state index in [0.29, 0.717) is 11.7 Å². The zero-order chi connectivity index (χ0) is 19.0. The molecule has 0 aliphatic carbocycles. The summed E-state index contributed by atoms with van der Waals surface area (Å²) in [7, 11) is 1.70. The van der Waals surface area contributed by atoms with Crippen LogP contribution in [0.15, 0.2) is 53.1 Å². The average Bonchev–Trinajstić information content (AvgIpc) is 3.39. The fourth-order valence-electron chi connectivity index (χ4n) is 3.00. The Labute approximate surface area is 159 Å². The Hall–Kier alpha value is -2.94. The van der Waals surface area contributed by atoms with Crippen molar-refractivity contribution < 1.29 is 4.79 Å². The Morgan fingerprint density at radius 2 is 2.07 bits per heavy atom. The fraction of sp³-hybridized carbons (Fsp3) is 0.278. The summed E-state index contributed by atoms with van der Waals surface area (Å²) >= 11 is 1.53. The van der Waals surface area contributed by atoms with E-state index in [1.807, 2.05) is 31.2 Å². The summed E-state index contributed by atoms with van der Waals surface area (Å²) in [5.41, 5.74) is 1.68. The summed E-state index contributed by atoms with van der Waals surface area (Å²) in [6, 6.07) is 7.52. The molecule has 0 fully saturated rings. The third-order valence-electron chi connectivity index (χ3n) is 4.75. The Bertz CT molecular complexity index is 1030. The highest BCUT2D eigenvalue weighted by Crippen LogP contribution is 2.23. The summed E-state index contributed by atoms with van der Waals surface area (Å²) in [4.78, 5) is 35.2. The summed E-state index contributed by atoms with van der Waals surface area (Å²) in [5, 5.41) is 4.77. The second-order valence-electron chi connectivity index (χ2n) is 6.28. The van der Waals surface area contributed by atoms with Gasteiger partial charge in [0.1, 0.15) is 18.2 Å². The van der Waals surface area contributed by atoms with Gasteiger partial charge >= 0.3 is 0 Å². The van der Waals surface area contributed by atoms with Crippen LogP contribution in [0.5, 0.6) is 0 Å². The van der Waals surface area contributed by atoms with Gasteiger partial charge in [0.25, 0.3) is 11.5 Å². The molecule has 0 saturated heterocycles.